The number of hydrogen-bond donors (Lipinski definition) is 1. The van der Waals surface area contributed by atoms with Gasteiger partial charge in [0, 0.05) is 24.0 Å². The van der Waals surface area contributed by atoms with Crippen LogP contribution in [0.25, 0.3) is 0 Å². The van der Waals surface area contributed by atoms with E-state index in [-0.39, 0.29) is 17.8 Å². The fourth-order valence-corrected chi connectivity index (χ4v) is 2.63. The van der Waals surface area contributed by atoms with Gasteiger partial charge in [0.15, 0.2) is 11.5 Å². The molecule has 0 unspecified atom stereocenters. The molecule has 5 nitrogen and oxygen atoms in total. The standard InChI is InChI=1S/C15H20BrNO4/c1-20-14-3-2-11(10-13(14)18)15(19)17-7-4-12(5-8-17)21-9-6-16/h2-3,10,12,18H,4-9H2,1H3. The smallest absolute Gasteiger partial charge is 0.253 e. The second kappa shape index (κ2) is 7.66. The van der Waals surface area contributed by atoms with E-state index in [0.717, 1.165) is 18.2 Å². The molecule has 0 radical (unpaired) electrons. The number of carbonyl (C=O) groups excluding carboxylic acids is 1. The van der Waals surface area contributed by atoms with Gasteiger partial charge in [-0.25, -0.2) is 0 Å². The third-order valence-corrected chi connectivity index (χ3v) is 3.91. The molecule has 1 amide bonds. The number of phenols is 1. The van der Waals surface area contributed by atoms with Crippen LogP contribution in [0.2, 0.25) is 0 Å². The molecular weight excluding hydrogens is 338 g/mol. The topological polar surface area (TPSA) is 59.0 Å². The first-order chi connectivity index (χ1) is 10.2. The minimum atomic E-state index is -0.0631. The zero-order valence-corrected chi connectivity index (χ0v) is 13.6. The largest absolute Gasteiger partial charge is 0.504 e. The predicted molar refractivity (Wildman–Crippen MR) is 83.3 cm³/mol. The Bertz CT molecular complexity index is 487. The maximum atomic E-state index is 12.4. The van der Waals surface area contributed by atoms with Crippen molar-refractivity contribution in [3.05, 3.63) is 23.8 Å². The summed E-state index contributed by atoms with van der Waals surface area (Å²) in [6.07, 6.45) is 1.93. The number of piperidine rings is 1. The molecule has 1 aromatic carbocycles. The molecule has 1 N–H and O–H groups in total. The Balaban J connectivity index is 1.94. The zero-order valence-electron chi connectivity index (χ0n) is 12.0. The van der Waals surface area contributed by atoms with Crippen molar-refractivity contribution < 1.29 is 19.4 Å². The molecule has 6 heteroatoms. The van der Waals surface area contributed by atoms with Crippen LogP contribution < -0.4 is 4.74 Å². The van der Waals surface area contributed by atoms with Gasteiger partial charge >= 0.3 is 0 Å². The van der Waals surface area contributed by atoms with Crippen molar-refractivity contribution in [3.8, 4) is 11.5 Å². The fourth-order valence-electron chi connectivity index (χ4n) is 2.44. The Morgan fingerprint density at radius 3 is 2.71 bits per heavy atom. The van der Waals surface area contributed by atoms with Crippen molar-refractivity contribution >= 4 is 21.8 Å². The fraction of sp³-hybridized carbons (Fsp3) is 0.533. The van der Waals surface area contributed by atoms with Crippen LogP contribution in [-0.4, -0.2) is 54.2 Å². The Hall–Kier alpha value is -1.27. The Morgan fingerprint density at radius 1 is 1.43 bits per heavy atom. The summed E-state index contributed by atoms with van der Waals surface area (Å²) >= 11 is 3.34. The van der Waals surface area contributed by atoms with Crippen LogP contribution in [0.5, 0.6) is 11.5 Å². The van der Waals surface area contributed by atoms with Crippen molar-refractivity contribution in [1.29, 1.82) is 0 Å². The van der Waals surface area contributed by atoms with Crippen LogP contribution in [0.3, 0.4) is 0 Å². The highest BCUT2D eigenvalue weighted by atomic mass is 79.9. The number of halogens is 1. The number of ether oxygens (including phenoxy) is 2. The number of rotatable bonds is 5. The number of benzene rings is 1. The van der Waals surface area contributed by atoms with Gasteiger partial charge in [-0.1, -0.05) is 15.9 Å². The first-order valence-corrected chi connectivity index (χ1v) is 8.11. The molecule has 0 spiro atoms. The summed E-state index contributed by atoms with van der Waals surface area (Å²) in [4.78, 5) is 14.2. The van der Waals surface area contributed by atoms with Gasteiger partial charge in [0.1, 0.15) is 0 Å². The van der Waals surface area contributed by atoms with Crippen LogP contribution in [0, 0.1) is 0 Å². The first-order valence-electron chi connectivity index (χ1n) is 6.99. The molecule has 1 aliphatic heterocycles. The monoisotopic (exact) mass is 357 g/mol. The van der Waals surface area contributed by atoms with Crippen LogP contribution >= 0.6 is 15.9 Å². The number of nitrogens with zero attached hydrogens (tertiary/aromatic N) is 1. The highest BCUT2D eigenvalue weighted by molar-refractivity contribution is 9.09. The van der Waals surface area contributed by atoms with E-state index < -0.39 is 0 Å². The average Bonchev–Trinajstić information content (AvgIpc) is 2.52. The van der Waals surface area contributed by atoms with Crippen molar-refractivity contribution in [2.75, 3.05) is 32.1 Å². The SMILES string of the molecule is COc1ccc(C(=O)N2CCC(OCCBr)CC2)cc1O. The van der Waals surface area contributed by atoms with E-state index >= 15 is 0 Å². The average molecular weight is 358 g/mol. The van der Waals surface area contributed by atoms with Gasteiger partial charge in [-0.2, -0.15) is 0 Å². The van der Waals surface area contributed by atoms with E-state index in [1.807, 2.05) is 0 Å². The van der Waals surface area contributed by atoms with Crippen LogP contribution in [-0.2, 0) is 4.74 Å². The molecule has 0 aromatic heterocycles. The van der Waals surface area contributed by atoms with E-state index in [1.54, 1.807) is 17.0 Å². The Morgan fingerprint density at radius 2 is 2.14 bits per heavy atom. The normalized spacial score (nSPS) is 16.0. The van der Waals surface area contributed by atoms with Gasteiger partial charge in [-0.05, 0) is 31.0 Å². The lowest BCUT2D eigenvalue weighted by atomic mass is 10.1. The van der Waals surface area contributed by atoms with E-state index in [4.69, 9.17) is 9.47 Å². The van der Waals surface area contributed by atoms with E-state index in [2.05, 4.69) is 15.9 Å². The number of likely N-dealkylation sites (tertiary alicyclic amines) is 1. The van der Waals surface area contributed by atoms with E-state index in [1.165, 1.54) is 13.2 Å². The highest BCUT2D eigenvalue weighted by Crippen LogP contribution is 2.27. The molecule has 0 saturated carbocycles. The predicted octanol–water partition coefficient (Wildman–Crippen LogP) is 2.42. The number of alkyl halides is 1. The minimum absolute atomic E-state index is 0.0149. The second-order valence-corrected chi connectivity index (χ2v) is 5.73. The van der Waals surface area contributed by atoms with Gasteiger partial charge in [-0.3, -0.25) is 4.79 Å². The Kier molecular flexibility index (Phi) is 5.87. The molecule has 0 aliphatic carbocycles. The third kappa shape index (κ3) is 4.11. The number of carbonyl (C=O) groups is 1. The summed E-state index contributed by atoms with van der Waals surface area (Å²) in [6, 6.07) is 4.73. The lowest BCUT2D eigenvalue weighted by molar-refractivity contribution is 0.0160. The number of methoxy groups -OCH3 is 1. The van der Waals surface area contributed by atoms with Crippen LogP contribution in [0.4, 0.5) is 0 Å². The molecule has 1 aromatic rings. The third-order valence-electron chi connectivity index (χ3n) is 3.59. The molecule has 1 aliphatic rings. The summed E-state index contributed by atoms with van der Waals surface area (Å²) in [6.45, 7) is 2.06. The second-order valence-electron chi connectivity index (χ2n) is 4.94. The molecule has 1 saturated heterocycles. The van der Waals surface area contributed by atoms with Gasteiger partial charge in [0.25, 0.3) is 5.91 Å². The van der Waals surface area contributed by atoms with E-state index in [0.29, 0.717) is 31.0 Å². The molecule has 1 fully saturated rings. The van der Waals surface area contributed by atoms with Crippen molar-refractivity contribution in [2.24, 2.45) is 0 Å². The summed E-state index contributed by atoms with van der Waals surface area (Å²) < 4.78 is 10.7. The maximum Gasteiger partial charge on any atom is 0.253 e. The van der Waals surface area contributed by atoms with Crippen LogP contribution in [0.15, 0.2) is 18.2 Å². The molecule has 21 heavy (non-hydrogen) atoms. The van der Waals surface area contributed by atoms with Gasteiger partial charge in [-0.15, -0.1) is 0 Å². The lowest BCUT2D eigenvalue weighted by Crippen LogP contribution is -2.41. The summed E-state index contributed by atoms with van der Waals surface area (Å²) in [5.74, 6) is 0.291. The molecule has 1 heterocycles. The summed E-state index contributed by atoms with van der Waals surface area (Å²) in [7, 11) is 1.48. The molecular formula is C15H20BrNO4. The quantitative estimate of drug-likeness (QED) is 0.822. The van der Waals surface area contributed by atoms with Gasteiger partial charge in [0.05, 0.1) is 19.8 Å². The van der Waals surface area contributed by atoms with Gasteiger partial charge in [0.2, 0.25) is 0 Å². The number of aromatic hydroxyl groups is 1. The number of amides is 1. The first kappa shape index (κ1) is 16.1. The highest BCUT2D eigenvalue weighted by Gasteiger charge is 2.24. The molecule has 2 rings (SSSR count). The van der Waals surface area contributed by atoms with Crippen molar-refractivity contribution in [1.82, 2.24) is 4.90 Å². The zero-order chi connectivity index (χ0) is 15.2. The van der Waals surface area contributed by atoms with Crippen LogP contribution in [0.1, 0.15) is 23.2 Å². The van der Waals surface area contributed by atoms with Crippen molar-refractivity contribution in [2.45, 2.75) is 18.9 Å². The summed E-state index contributed by atoms with van der Waals surface area (Å²) in [5.41, 5.74) is 0.480. The van der Waals surface area contributed by atoms with Crippen molar-refractivity contribution in [3.63, 3.8) is 0 Å². The number of hydrogen-bond acceptors (Lipinski definition) is 4. The molecule has 0 bridgehead atoms. The lowest BCUT2D eigenvalue weighted by Gasteiger charge is -2.32. The minimum Gasteiger partial charge on any atom is -0.504 e. The van der Waals surface area contributed by atoms with E-state index in [9.17, 15) is 9.90 Å². The molecule has 116 valence electrons. The molecule has 0 atom stereocenters. The van der Waals surface area contributed by atoms with Gasteiger partial charge < -0.3 is 19.5 Å². The summed E-state index contributed by atoms with van der Waals surface area (Å²) in [5, 5.41) is 10.6. The maximum absolute atomic E-state index is 12.4. The Labute approximate surface area is 133 Å². The number of phenolic OH excluding ortho intramolecular Hbond substituents is 1.